The molecule has 0 spiro atoms. The van der Waals surface area contributed by atoms with E-state index in [-0.39, 0.29) is 5.41 Å². The largest absolute Gasteiger partial charge is 0.384 e. The van der Waals surface area contributed by atoms with E-state index in [4.69, 9.17) is 5.73 Å². The van der Waals surface area contributed by atoms with E-state index < -0.39 is 0 Å². The summed E-state index contributed by atoms with van der Waals surface area (Å²) in [4.78, 5) is 0. The molecule has 0 fully saturated rings. The minimum absolute atomic E-state index is 0.135. The predicted octanol–water partition coefficient (Wildman–Crippen LogP) is 2.84. The van der Waals surface area contributed by atoms with E-state index in [1.165, 1.54) is 16.8 Å². The Bertz CT molecular complexity index is 550. The molecule has 0 saturated heterocycles. The van der Waals surface area contributed by atoms with Crippen LogP contribution in [0.2, 0.25) is 0 Å². The van der Waals surface area contributed by atoms with Crippen molar-refractivity contribution in [1.29, 1.82) is 0 Å². The molecule has 2 aromatic carbocycles. The molecule has 98 valence electrons. The Labute approximate surface area is 114 Å². The first-order valence-corrected chi connectivity index (χ1v) is 6.87. The van der Waals surface area contributed by atoms with Crippen molar-refractivity contribution in [2.24, 2.45) is 11.1 Å². The Morgan fingerprint density at radius 2 is 1.74 bits per heavy atom. The molecule has 2 nitrogen and oxygen atoms in total. The minimum atomic E-state index is 0.135. The summed E-state index contributed by atoms with van der Waals surface area (Å²) >= 11 is 0. The Morgan fingerprint density at radius 1 is 1.00 bits per heavy atom. The molecule has 2 heteroatoms. The number of fused-ring (bicyclic) bond motifs is 1. The lowest BCUT2D eigenvalue weighted by atomic mass is 9.74. The van der Waals surface area contributed by atoms with Crippen LogP contribution in [-0.4, -0.2) is 13.1 Å². The van der Waals surface area contributed by atoms with Gasteiger partial charge in [0.2, 0.25) is 0 Å². The van der Waals surface area contributed by atoms with Crippen molar-refractivity contribution >= 4 is 5.69 Å². The zero-order valence-corrected chi connectivity index (χ0v) is 11.1. The Kier molecular flexibility index (Phi) is 3.26. The maximum atomic E-state index is 6.10. The van der Waals surface area contributed by atoms with Crippen molar-refractivity contribution in [3.05, 3.63) is 65.7 Å². The molecular formula is C17H20N2. The molecule has 0 bridgehead atoms. The molecule has 2 aromatic rings. The van der Waals surface area contributed by atoms with Crippen molar-refractivity contribution in [3.63, 3.8) is 0 Å². The lowest BCUT2D eigenvalue weighted by Crippen LogP contribution is -2.44. The van der Waals surface area contributed by atoms with Crippen molar-refractivity contribution in [2.75, 3.05) is 18.4 Å². The fourth-order valence-electron chi connectivity index (χ4n) is 2.97. The van der Waals surface area contributed by atoms with Crippen LogP contribution in [0.15, 0.2) is 54.6 Å². The fraction of sp³-hybridized carbons (Fsp3) is 0.294. The molecule has 0 unspecified atom stereocenters. The van der Waals surface area contributed by atoms with Gasteiger partial charge < -0.3 is 11.1 Å². The first kappa shape index (κ1) is 12.2. The average Bonchev–Trinajstić information content (AvgIpc) is 2.48. The summed E-state index contributed by atoms with van der Waals surface area (Å²) in [5, 5.41) is 3.54. The lowest BCUT2D eigenvalue weighted by molar-refractivity contribution is 0.306. The van der Waals surface area contributed by atoms with Crippen LogP contribution in [0.3, 0.4) is 0 Å². The van der Waals surface area contributed by atoms with E-state index in [2.05, 4.69) is 59.9 Å². The topological polar surface area (TPSA) is 38.0 Å². The highest BCUT2D eigenvalue weighted by atomic mass is 14.9. The molecule has 0 radical (unpaired) electrons. The summed E-state index contributed by atoms with van der Waals surface area (Å²) in [5.41, 5.74) is 10.3. The van der Waals surface area contributed by atoms with Crippen molar-refractivity contribution in [2.45, 2.75) is 12.8 Å². The zero-order chi connectivity index (χ0) is 13.1. The first-order valence-electron chi connectivity index (χ1n) is 6.87. The monoisotopic (exact) mass is 252 g/mol. The van der Waals surface area contributed by atoms with Crippen molar-refractivity contribution < 1.29 is 0 Å². The highest BCUT2D eigenvalue weighted by Gasteiger charge is 2.33. The fourth-order valence-corrected chi connectivity index (χ4v) is 2.97. The van der Waals surface area contributed by atoms with Gasteiger partial charge in [-0.25, -0.2) is 0 Å². The lowest BCUT2D eigenvalue weighted by Gasteiger charge is -2.38. The molecule has 3 rings (SSSR count). The molecule has 3 N–H and O–H groups in total. The number of anilines is 1. The van der Waals surface area contributed by atoms with Gasteiger partial charge in [-0.15, -0.1) is 0 Å². The summed E-state index contributed by atoms with van der Waals surface area (Å²) in [7, 11) is 0. The highest BCUT2D eigenvalue weighted by Crippen LogP contribution is 2.34. The van der Waals surface area contributed by atoms with Crippen LogP contribution in [-0.2, 0) is 12.8 Å². The quantitative estimate of drug-likeness (QED) is 0.881. The molecule has 0 aromatic heterocycles. The molecule has 1 heterocycles. The van der Waals surface area contributed by atoms with E-state index in [0.717, 1.165) is 19.4 Å². The Balaban J connectivity index is 1.86. The van der Waals surface area contributed by atoms with Crippen LogP contribution in [0, 0.1) is 5.41 Å². The normalized spacial score (nSPS) is 21.5. The molecule has 0 aliphatic carbocycles. The zero-order valence-electron chi connectivity index (χ0n) is 11.1. The first-order chi connectivity index (χ1) is 9.31. The molecule has 0 amide bonds. The second-order valence-electron chi connectivity index (χ2n) is 5.55. The third kappa shape index (κ3) is 2.49. The summed E-state index contributed by atoms with van der Waals surface area (Å²) < 4.78 is 0. The standard InChI is InChI=1S/C17H20N2/c18-12-17(10-14-6-2-1-3-7-14)11-15-8-4-5-9-16(15)19-13-17/h1-9,19H,10-13,18H2/t17-/m1/s1. The Hall–Kier alpha value is -1.80. The second kappa shape index (κ2) is 5.06. The number of nitrogens with one attached hydrogen (secondary N) is 1. The van der Waals surface area contributed by atoms with E-state index in [1.807, 2.05) is 0 Å². The Morgan fingerprint density at radius 3 is 2.53 bits per heavy atom. The third-order valence-corrected chi connectivity index (χ3v) is 4.09. The number of hydrogen-bond donors (Lipinski definition) is 2. The second-order valence-corrected chi connectivity index (χ2v) is 5.55. The van der Waals surface area contributed by atoms with Crippen LogP contribution in [0.4, 0.5) is 5.69 Å². The third-order valence-electron chi connectivity index (χ3n) is 4.09. The number of rotatable bonds is 3. The van der Waals surface area contributed by atoms with E-state index in [0.29, 0.717) is 6.54 Å². The number of hydrogen-bond acceptors (Lipinski definition) is 2. The van der Waals surface area contributed by atoms with Gasteiger partial charge in [0.15, 0.2) is 0 Å². The van der Waals surface area contributed by atoms with E-state index in [9.17, 15) is 0 Å². The molecule has 1 atom stereocenters. The number of para-hydroxylation sites is 1. The predicted molar refractivity (Wildman–Crippen MR) is 80.3 cm³/mol. The highest BCUT2D eigenvalue weighted by molar-refractivity contribution is 5.54. The van der Waals surface area contributed by atoms with Gasteiger partial charge in [-0.2, -0.15) is 0 Å². The average molecular weight is 252 g/mol. The molecule has 0 saturated carbocycles. The minimum Gasteiger partial charge on any atom is -0.384 e. The van der Waals surface area contributed by atoms with Gasteiger partial charge >= 0.3 is 0 Å². The maximum Gasteiger partial charge on any atom is 0.0373 e. The smallest absolute Gasteiger partial charge is 0.0373 e. The van der Waals surface area contributed by atoms with Gasteiger partial charge in [-0.1, -0.05) is 48.5 Å². The van der Waals surface area contributed by atoms with Crippen LogP contribution in [0.5, 0.6) is 0 Å². The summed E-state index contributed by atoms with van der Waals surface area (Å²) in [5.74, 6) is 0. The molecule has 1 aliphatic rings. The van der Waals surface area contributed by atoms with Gasteiger partial charge in [0.1, 0.15) is 0 Å². The van der Waals surface area contributed by atoms with Gasteiger partial charge in [-0.3, -0.25) is 0 Å². The van der Waals surface area contributed by atoms with E-state index in [1.54, 1.807) is 0 Å². The number of benzene rings is 2. The van der Waals surface area contributed by atoms with Gasteiger partial charge in [0.25, 0.3) is 0 Å². The molecular weight excluding hydrogens is 232 g/mol. The van der Waals surface area contributed by atoms with E-state index >= 15 is 0 Å². The maximum absolute atomic E-state index is 6.10. The van der Waals surface area contributed by atoms with Gasteiger partial charge in [0.05, 0.1) is 0 Å². The molecule has 1 aliphatic heterocycles. The molecule has 19 heavy (non-hydrogen) atoms. The van der Waals surface area contributed by atoms with Crippen LogP contribution in [0.25, 0.3) is 0 Å². The van der Waals surface area contributed by atoms with Crippen LogP contribution in [0.1, 0.15) is 11.1 Å². The van der Waals surface area contributed by atoms with Gasteiger partial charge in [-0.05, 0) is 30.0 Å². The van der Waals surface area contributed by atoms with Gasteiger partial charge in [0, 0.05) is 24.2 Å². The SMILES string of the molecule is NC[C@]1(Cc2ccccc2)CNc2ccccc2C1. The van der Waals surface area contributed by atoms with Crippen molar-refractivity contribution in [3.8, 4) is 0 Å². The summed E-state index contributed by atoms with van der Waals surface area (Å²) in [6.45, 7) is 1.67. The summed E-state index contributed by atoms with van der Waals surface area (Å²) in [6.07, 6.45) is 2.09. The number of nitrogens with two attached hydrogens (primary N) is 1. The van der Waals surface area contributed by atoms with Crippen LogP contribution < -0.4 is 11.1 Å². The van der Waals surface area contributed by atoms with Crippen LogP contribution >= 0.6 is 0 Å². The van der Waals surface area contributed by atoms with Crippen molar-refractivity contribution in [1.82, 2.24) is 0 Å². The summed E-state index contributed by atoms with van der Waals surface area (Å²) in [6, 6.07) is 19.2.